The smallest absolute Gasteiger partial charge is 0.113 e. The number of hydrogen-bond donors (Lipinski definition) is 1. The van der Waals surface area contributed by atoms with Crippen LogP contribution >= 0.6 is 34.7 Å². The summed E-state index contributed by atoms with van der Waals surface area (Å²) < 4.78 is 1.27. The van der Waals surface area contributed by atoms with E-state index in [2.05, 4.69) is 16.6 Å². The van der Waals surface area contributed by atoms with Crippen LogP contribution in [0.3, 0.4) is 0 Å². The zero-order chi connectivity index (χ0) is 10.7. The van der Waals surface area contributed by atoms with E-state index in [1.165, 1.54) is 19.3 Å². The summed E-state index contributed by atoms with van der Waals surface area (Å²) in [6.07, 6.45) is 8.00. The van der Waals surface area contributed by atoms with Gasteiger partial charge in [-0.2, -0.15) is 11.8 Å². The van der Waals surface area contributed by atoms with Gasteiger partial charge in [0.2, 0.25) is 0 Å². The summed E-state index contributed by atoms with van der Waals surface area (Å²) in [5.74, 6) is 0. The van der Waals surface area contributed by atoms with E-state index in [0.717, 1.165) is 22.4 Å². The zero-order valence-corrected chi connectivity index (χ0v) is 11.1. The van der Waals surface area contributed by atoms with Crippen LogP contribution in [-0.2, 0) is 6.54 Å². The molecule has 0 aliphatic heterocycles. The summed E-state index contributed by atoms with van der Waals surface area (Å²) in [5.41, 5.74) is 0. The van der Waals surface area contributed by atoms with Gasteiger partial charge in [0.1, 0.15) is 9.34 Å². The van der Waals surface area contributed by atoms with Crippen molar-refractivity contribution in [3.8, 4) is 0 Å². The molecule has 1 aromatic heterocycles. The van der Waals surface area contributed by atoms with Gasteiger partial charge in [0, 0.05) is 17.8 Å². The summed E-state index contributed by atoms with van der Waals surface area (Å²) in [6.45, 7) is 1.94. The molecular weight excluding hydrogens is 248 g/mol. The highest BCUT2D eigenvalue weighted by Crippen LogP contribution is 2.42. The minimum atomic E-state index is 0.501. The average Bonchev–Trinajstić information content (AvgIpc) is 2.56. The molecule has 0 atom stereocenters. The molecule has 5 heteroatoms. The second kappa shape index (κ2) is 5.04. The van der Waals surface area contributed by atoms with Gasteiger partial charge in [0.25, 0.3) is 0 Å². The molecule has 1 heterocycles. The fourth-order valence-electron chi connectivity index (χ4n) is 1.79. The van der Waals surface area contributed by atoms with Crippen LogP contribution in [0.15, 0.2) is 6.20 Å². The first kappa shape index (κ1) is 11.7. The summed E-state index contributed by atoms with van der Waals surface area (Å²) in [5, 5.41) is 4.56. The molecule has 15 heavy (non-hydrogen) atoms. The number of thioether (sulfide) groups is 1. The Labute approximate surface area is 104 Å². The van der Waals surface area contributed by atoms with Gasteiger partial charge in [-0.25, -0.2) is 4.98 Å². The monoisotopic (exact) mass is 262 g/mol. The van der Waals surface area contributed by atoms with Crippen molar-refractivity contribution in [2.24, 2.45) is 0 Å². The van der Waals surface area contributed by atoms with E-state index >= 15 is 0 Å². The minimum absolute atomic E-state index is 0.501. The summed E-state index contributed by atoms with van der Waals surface area (Å²) in [6, 6.07) is 0. The van der Waals surface area contributed by atoms with Gasteiger partial charge in [-0.15, -0.1) is 11.3 Å². The molecule has 1 fully saturated rings. The van der Waals surface area contributed by atoms with Gasteiger partial charge >= 0.3 is 0 Å². The Balaban J connectivity index is 1.74. The molecular formula is C10H15ClN2S2. The number of nitrogens with zero attached hydrogens (tertiary/aromatic N) is 1. The third-order valence-corrected chi connectivity index (χ3v) is 5.48. The van der Waals surface area contributed by atoms with Crippen LogP contribution in [0.2, 0.25) is 4.34 Å². The van der Waals surface area contributed by atoms with Crippen LogP contribution in [0.25, 0.3) is 0 Å². The molecule has 1 aliphatic carbocycles. The van der Waals surface area contributed by atoms with E-state index in [0.29, 0.717) is 4.75 Å². The van der Waals surface area contributed by atoms with Crippen molar-refractivity contribution in [1.82, 2.24) is 10.3 Å². The van der Waals surface area contributed by atoms with Crippen molar-refractivity contribution in [2.45, 2.75) is 30.6 Å². The van der Waals surface area contributed by atoms with Gasteiger partial charge in [-0.05, 0) is 19.1 Å². The average molecular weight is 263 g/mol. The van der Waals surface area contributed by atoms with Gasteiger partial charge < -0.3 is 5.32 Å². The first-order chi connectivity index (χ1) is 7.24. The molecule has 1 aliphatic rings. The molecule has 2 rings (SSSR count). The molecule has 2 nitrogen and oxygen atoms in total. The molecule has 0 amide bonds. The van der Waals surface area contributed by atoms with Crippen molar-refractivity contribution >= 4 is 34.7 Å². The first-order valence-electron chi connectivity index (χ1n) is 5.10. The molecule has 0 aromatic carbocycles. The lowest BCUT2D eigenvalue weighted by Crippen LogP contribution is -2.43. The molecule has 0 bridgehead atoms. The predicted molar refractivity (Wildman–Crippen MR) is 68.9 cm³/mol. The highest BCUT2D eigenvalue weighted by molar-refractivity contribution is 8.00. The third kappa shape index (κ3) is 2.87. The lowest BCUT2D eigenvalue weighted by Gasteiger charge is -2.40. The fraction of sp³-hybridized carbons (Fsp3) is 0.700. The standard InChI is InChI=1S/C10H15ClN2S2/c1-14-10(3-2-4-10)7-12-6-9-13-5-8(11)15-9/h5,12H,2-4,6-7H2,1H3. The molecule has 0 saturated heterocycles. The van der Waals surface area contributed by atoms with Crippen molar-refractivity contribution in [3.63, 3.8) is 0 Å². The van der Waals surface area contributed by atoms with E-state index in [-0.39, 0.29) is 0 Å². The molecule has 0 unspecified atom stereocenters. The second-order valence-corrected chi connectivity index (χ2v) is 6.92. The van der Waals surface area contributed by atoms with E-state index in [4.69, 9.17) is 11.6 Å². The Bertz CT molecular complexity index is 317. The topological polar surface area (TPSA) is 24.9 Å². The van der Waals surface area contributed by atoms with Crippen LogP contribution in [0.5, 0.6) is 0 Å². The van der Waals surface area contributed by atoms with Crippen LogP contribution < -0.4 is 5.32 Å². The number of nitrogens with one attached hydrogen (secondary N) is 1. The summed E-state index contributed by atoms with van der Waals surface area (Å²) in [7, 11) is 0. The van der Waals surface area contributed by atoms with Gasteiger partial charge in [-0.1, -0.05) is 18.0 Å². The largest absolute Gasteiger partial charge is 0.309 e. The summed E-state index contributed by atoms with van der Waals surface area (Å²) in [4.78, 5) is 4.22. The minimum Gasteiger partial charge on any atom is -0.309 e. The molecule has 0 spiro atoms. The van der Waals surface area contributed by atoms with Crippen molar-refractivity contribution in [1.29, 1.82) is 0 Å². The Kier molecular flexibility index (Phi) is 3.93. The van der Waals surface area contributed by atoms with Crippen LogP contribution in [-0.4, -0.2) is 22.5 Å². The normalized spacial score (nSPS) is 18.8. The number of halogens is 1. The van der Waals surface area contributed by atoms with Crippen LogP contribution in [0, 0.1) is 0 Å². The lowest BCUT2D eigenvalue weighted by atomic mass is 9.84. The van der Waals surface area contributed by atoms with Crippen molar-refractivity contribution in [3.05, 3.63) is 15.5 Å². The Hall–Kier alpha value is 0.230. The summed E-state index contributed by atoms with van der Waals surface area (Å²) >= 11 is 9.37. The second-order valence-electron chi connectivity index (χ2n) is 3.90. The number of rotatable bonds is 5. The Morgan fingerprint density at radius 3 is 2.93 bits per heavy atom. The van der Waals surface area contributed by atoms with E-state index in [9.17, 15) is 0 Å². The maximum absolute atomic E-state index is 5.82. The third-order valence-electron chi connectivity index (χ3n) is 2.95. The number of aromatic nitrogens is 1. The predicted octanol–water partition coefficient (Wildman–Crippen LogP) is 3.17. The molecule has 1 saturated carbocycles. The van der Waals surface area contributed by atoms with E-state index in [1.54, 1.807) is 17.5 Å². The quantitative estimate of drug-likeness (QED) is 0.882. The molecule has 1 N–H and O–H groups in total. The zero-order valence-electron chi connectivity index (χ0n) is 8.75. The lowest BCUT2D eigenvalue weighted by molar-refractivity contribution is 0.345. The first-order valence-corrected chi connectivity index (χ1v) is 7.52. The maximum Gasteiger partial charge on any atom is 0.113 e. The van der Waals surface area contributed by atoms with E-state index < -0.39 is 0 Å². The van der Waals surface area contributed by atoms with Crippen LogP contribution in [0.4, 0.5) is 0 Å². The number of thiazole rings is 1. The van der Waals surface area contributed by atoms with Gasteiger partial charge in [-0.3, -0.25) is 0 Å². The van der Waals surface area contributed by atoms with Crippen LogP contribution in [0.1, 0.15) is 24.3 Å². The molecule has 1 aromatic rings. The Morgan fingerprint density at radius 2 is 2.47 bits per heavy atom. The maximum atomic E-state index is 5.82. The number of hydrogen-bond acceptors (Lipinski definition) is 4. The highest BCUT2D eigenvalue weighted by Gasteiger charge is 2.35. The van der Waals surface area contributed by atoms with E-state index in [1.807, 2.05) is 11.8 Å². The SMILES string of the molecule is CSC1(CNCc2ncc(Cl)s2)CCC1. The van der Waals surface area contributed by atoms with Crippen molar-refractivity contribution < 1.29 is 0 Å². The highest BCUT2D eigenvalue weighted by atomic mass is 35.5. The van der Waals surface area contributed by atoms with Crippen molar-refractivity contribution in [2.75, 3.05) is 12.8 Å². The fourth-order valence-corrected chi connectivity index (χ4v) is 3.66. The van der Waals surface area contributed by atoms with Gasteiger partial charge in [0.15, 0.2) is 0 Å². The molecule has 0 radical (unpaired) electrons. The Morgan fingerprint density at radius 1 is 1.67 bits per heavy atom. The molecule has 84 valence electrons. The van der Waals surface area contributed by atoms with Gasteiger partial charge in [0.05, 0.1) is 6.20 Å².